The summed E-state index contributed by atoms with van der Waals surface area (Å²) in [6, 6.07) is 18.3. The fourth-order valence-corrected chi connectivity index (χ4v) is 2.63. The Morgan fingerprint density at radius 1 is 0.952 bits per heavy atom. The summed E-state index contributed by atoms with van der Waals surface area (Å²) in [5.74, 6) is 0.450. The molecule has 2 nitrogen and oxygen atoms in total. The number of nitrogens with one attached hydrogen (secondary N) is 1. The maximum atomic E-state index is 12.5. The molecule has 1 amide bonds. The smallest absolute Gasteiger partial charge is 0.251 e. The van der Waals surface area contributed by atoms with E-state index in [1.54, 1.807) is 0 Å². The molecule has 0 aliphatic carbocycles. The molecule has 0 saturated carbocycles. The predicted octanol–water partition coefficient (Wildman–Crippen LogP) is 4.38. The molecule has 106 valence electrons. The van der Waals surface area contributed by atoms with Gasteiger partial charge in [0.25, 0.3) is 5.91 Å². The number of hydrogen-bond acceptors (Lipinski definition) is 1. The highest BCUT2D eigenvalue weighted by Gasteiger charge is 2.12. The molecular formula is C19H19NO. The van der Waals surface area contributed by atoms with Gasteiger partial charge in [0.1, 0.15) is 0 Å². The number of amides is 1. The molecule has 3 aromatic rings. The third-order valence-corrected chi connectivity index (χ3v) is 3.68. The van der Waals surface area contributed by atoms with E-state index in [-0.39, 0.29) is 5.91 Å². The van der Waals surface area contributed by atoms with Gasteiger partial charge >= 0.3 is 0 Å². The van der Waals surface area contributed by atoms with Crippen LogP contribution in [0.4, 0.5) is 0 Å². The van der Waals surface area contributed by atoms with Crippen molar-refractivity contribution in [2.45, 2.75) is 13.8 Å². The number of benzene rings is 3. The first-order valence-corrected chi connectivity index (χ1v) is 7.35. The van der Waals surface area contributed by atoms with Crippen LogP contribution in [0.2, 0.25) is 0 Å². The normalized spacial score (nSPS) is 11.2. The zero-order valence-corrected chi connectivity index (χ0v) is 12.4. The minimum atomic E-state index is 0.00523. The second-order valence-electron chi connectivity index (χ2n) is 5.79. The lowest BCUT2D eigenvalue weighted by Gasteiger charge is -2.12. The zero-order valence-electron chi connectivity index (χ0n) is 12.4. The van der Waals surface area contributed by atoms with Crippen molar-refractivity contribution in [3.63, 3.8) is 0 Å². The van der Waals surface area contributed by atoms with Crippen molar-refractivity contribution in [2.75, 3.05) is 6.54 Å². The van der Waals surface area contributed by atoms with Crippen molar-refractivity contribution >= 4 is 27.5 Å². The second-order valence-corrected chi connectivity index (χ2v) is 5.79. The number of carbonyl (C=O) groups is 1. The molecular weight excluding hydrogens is 258 g/mol. The van der Waals surface area contributed by atoms with E-state index >= 15 is 0 Å². The van der Waals surface area contributed by atoms with E-state index < -0.39 is 0 Å². The summed E-state index contributed by atoms with van der Waals surface area (Å²) in [7, 11) is 0. The van der Waals surface area contributed by atoms with E-state index in [9.17, 15) is 4.79 Å². The molecule has 3 aromatic carbocycles. The molecule has 0 aromatic heterocycles. The van der Waals surface area contributed by atoms with Crippen LogP contribution in [-0.4, -0.2) is 12.5 Å². The minimum absolute atomic E-state index is 0.00523. The maximum absolute atomic E-state index is 12.5. The Morgan fingerprint density at radius 2 is 1.57 bits per heavy atom. The van der Waals surface area contributed by atoms with E-state index in [0.717, 1.165) is 21.7 Å². The fraction of sp³-hybridized carbons (Fsp3) is 0.211. The van der Waals surface area contributed by atoms with Gasteiger partial charge in [-0.15, -0.1) is 0 Å². The van der Waals surface area contributed by atoms with Gasteiger partial charge in [0.15, 0.2) is 0 Å². The quantitative estimate of drug-likeness (QED) is 0.707. The Labute approximate surface area is 124 Å². The SMILES string of the molecule is CC(C)CNC(=O)c1cc2ccccc2c2ccccc12. The van der Waals surface area contributed by atoms with Gasteiger partial charge in [-0.3, -0.25) is 4.79 Å². The Bertz CT molecular complexity index is 805. The molecule has 0 aliphatic heterocycles. The van der Waals surface area contributed by atoms with Gasteiger partial charge in [-0.2, -0.15) is 0 Å². The van der Waals surface area contributed by atoms with Gasteiger partial charge in [0.2, 0.25) is 0 Å². The number of carbonyl (C=O) groups excluding carboxylic acids is 1. The number of rotatable bonds is 3. The highest BCUT2D eigenvalue weighted by molar-refractivity contribution is 6.17. The molecule has 0 atom stereocenters. The molecule has 0 bridgehead atoms. The average Bonchev–Trinajstić information content (AvgIpc) is 2.51. The highest BCUT2D eigenvalue weighted by atomic mass is 16.1. The summed E-state index contributed by atoms with van der Waals surface area (Å²) >= 11 is 0. The number of fused-ring (bicyclic) bond motifs is 3. The van der Waals surface area contributed by atoms with Crippen LogP contribution < -0.4 is 5.32 Å². The summed E-state index contributed by atoms with van der Waals surface area (Å²) in [6.07, 6.45) is 0. The van der Waals surface area contributed by atoms with E-state index in [0.29, 0.717) is 12.5 Å². The Kier molecular flexibility index (Phi) is 3.61. The summed E-state index contributed by atoms with van der Waals surface area (Å²) in [5.41, 5.74) is 0.755. The van der Waals surface area contributed by atoms with Gasteiger partial charge in [0, 0.05) is 12.1 Å². The molecule has 0 radical (unpaired) electrons. The fourth-order valence-electron chi connectivity index (χ4n) is 2.63. The van der Waals surface area contributed by atoms with Crippen LogP contribution >= 0.6 is 0 Å². The van der Waals surface area contributed by atoms with Crippen molar-refractivity contribution in [2.24, 2.45) is 5.92 Å². The third-order valence-electron chi connectivity index (χ3n) is 3.68. The molecule has 21 heavy (non-hydrogen) atoms. The molecule has 0 unspecified atom stereocenters. The topological polar surface area (TPSA) is 29.1 Å². The molecule has 0 spiro atoms. The number of hydrogen-bond donors (Lipinski definition) is 1. The monoisotopic (exact) mass is 277 g/mol. The van der Waals surface area contributed by atoms with E-state index in [4.69, 9.17) is 0 Å². The Balaban J connectivity index is 2.18. The van der Waals surface area contributed by atoms with Gasteiger partial charge in [-0.1, -0.05) is 62.4 Å². The molecule has 3 rings (SSSR count). The van der Waals surface area contributed by atoms with Crippen molar-refractivity contribution in [3.8, 4) is 0 Å². The van der Waals surface area contributed by atoms with Crippen molar-refractivity contribution in [3.05, 3.63) is 60.2 Å². The van der Waals surface area contributed by atoms with E-state index in [1.807, 2.05) is 36.4 Å². The minimum Gasteiger partial charge on any atom is -0.352 e. The summed E-state index contributed by atoms with van der Waals surface area (Å²) in [4.78, 5) is 12.5. The largest absolute Gasteiger partial charge is 0.352 e. The highest BCUT2D eigenvalue weighted by Crippen LogP contribution is 2.28. The zero-order chi connectivity index (χ0) is 14.8. The first kappa shape index (κ1) is 13.6. The van der Waals surface area contributed by atoms with E-state index in [1.165, 1.54) is 5.39 Å². The van der Waals surface area contributed by atoms with Crippen molar-refractivity contribution < 1.29 is 4.79 Å². The van der Waals surface area contributed by atoms with Crippen LogP contribution in [0.5, 0.6) is 0 Å². The summed E-state index contributed by atoms with van der Waals surface area (Å²) in [6.45, 7) is 4.89. The lowest BCUT2D eigenvalue weighted by molar-refractivity contribution is 0.0951. The lowest BCUT2D eigenvalue weighted by Crippen LogP contribution is -2.27. The summed E-state index contributed by atoms with van der Waals surface area (Å²) < 4.78 is 0. The van der Waals surface area contributed by atoms with Crippen molar-refractivity contribution in [1.82, 2.24) is 5.32 Å². The van der Waals surface area contributed by atoms with Gasteiger partial charge in [-0.25, -0.2) is 0 Å². The standard InChI is InChI=1S/C19H19NO/c1-13(2)12-20-19(21)18-11-14-7-3-4-8-15(14)16-9-5-6-10-17(16)18/h3-11,13H,12H2,1-2H3,(H,20,21). The van der Waals surface area contributed by atoms with Crippen LogP contribution in [0.15, 0.2) is 54.6 Å². The molecule has 1 N–H and O–H groups in total. The molecule has 0 fully saturated rings. The van der Waals surface area contributed by atoms with E-state index in [2.05, 4.69) is 37.4 Å². The Morgan fingerprint density at radius 3 is 2.29 bits per heavy atom. The van der Waals surface area contributed by atoms with Crippen LogP contribution in [0.1, 0.15) is 24.2 Å². The average molecular weight is 277 g/mol. The molecule has 0 saturated heterocycles. The predicted molar refractivity (Wildman–Crippen MR) is 88.6 cm³/mol. The van der Waals surface area contributed by atoms with Gasteiger partial charge in [-0.05, 0) is 33.5 Å². The van der Waals surface area contributed by atoms with Gasteiger partial charge < -0.3 is 5.32 Å². The molecule has 2 heteroatoms. The van der Waals surface area contributed by atoms with Crippen LogP contribution in [0.25, 0.3) is 21.5 Å². The Hall–Kier alpha value is -2.35. The van der Waals surface area contributed by atoms with Crippen LogP contribution in [0.3, 0.4) is 0 Å². The molecule has 0 heterocycles. The maximum Gasteiger partial charge on any atom is 0.251 e. The van der Waals surface area contributed by atoms with Gasteiger partial charge in [0.05, 0.1) is 0 Å². The van der Waals surface area contributed by atoms with Crippen molar-refractivity contribution in [1.29, 1.82) is 0 Å². The first-order valence-electron chi connectivity index (χ1n) is 7.35. The summed E-state index contributed by atoms with van der Waals surface area (Å²) in [5, 5.41) is 7.45. The van der Waals surface area contributed by atoms with Crippen LogP contribution in [0, 0.1) is 5.92 Å². The molecule has 0 aliphatic rings. The first-order chi connectivity index (χ1) is 10.2. The second kappa shape index (κ2) is 5.57. The lowest BCUT2D eigenvalue weighted by atomic mass is 9.97. The van der Waals surface area contributed by atoms with Crippen LogP contribution in [-0.2, 0) is 0 Å². The third kappa shape index (κ3) is 2.62.